The predicted octanol–water partition coefficient (Wildman–Crippen LogP) is 2.76. The highest BCUT2D eigenvalue weighted by Gasteiger charge is 2.37. The van der Waals surface area contributed by atoms with Crippen LogP contribution in [0.4, 0.5) is 26.3 Å². The molecule has 0 aliphatic carbocycles. The average Bonchev–Trinajstić information content (AvgIpc) is 2.66. The molecule has 4 nitrogen and oxygen atoms in total. The summed E-state index contributed by atoms with van der Waals surface area (Å²) in [6.07, 6.45) is -10.7. The summed E-state index contributed by atoms with van der Waals surface area (Å²) >= 11 is 0. The molecule has 0 saturated carbocycles. The van der Waals surface area contributed by atoms with Crippen molar-refractivity contribution < 1.29 is 31.4 Å². The Morgan fingerprint density at radius 1 is 1.19 bits per heavy atom. The van der Waals surface area contributed by atoms with Gasteiger partial charge < -0.3 is 5.11 Å². The van der Waals surface area contributed by atoms with Crippen LogP contribution in [0.2, 0.25) is 0 Å². The van der Waals surface area contributed by atoms with Gasteiger partial charge >= 0.3 is 12.4 Å². The van der Waals surface area contributed by atoms with E-state index in [1.165, 1.54) is 12.3 Å². The Morgan fingerprint density at radius 3 is 2.43 bits per heavy atom. The summed E-state index contributed by atoms with van der Waals surface area (Å²) in [5.41, 5.74) is -1.29. The largest absolute Gasteiger partial charge is 0.435 e. The fourth-order valence-electron chi connectivity index (χ4n) is 1.90. The van der Waals surface area contributed by atoms with Crippen LogP contribution >= 0.6 is 0 Å². The van der Waals surface area contributed by atoms with Gasteiger partial charge in [-0.2, -0.15) is 31.4 Å². The molecule has 0 amide bonds. The Kier molecular flexibility index (Phi) is 3.83. The molecule has 0 saturated heterocycles. The molecule has 1 atom stereocenters. The van der Waals surface area contributed by atoms with Gasteiger partial charge in [-0.25, -0.2) is 0 Å². The highest BCUT2D eigenvalue weighted by Crippen LogP contribution is 2.33. The number of fused-ring (bicyclic) bond motifs is 1. The molecule has 2 aromatic rings. The maximum atomic E-state index is 12.8. The van der Waals surface area contributed by atoms with Crippen LogP contribution < -0.4 is 0 Å². The van der Waals surface area contributed by atoms with E-state index in [2.05, 4.69) is 10.1 Å². The second-order valence-corrected chi connectivity index (χ2v) is 4.39. The maximum absolute atomic E-state index is 12.8. The number of aliphatic hydroxyl groups excluding tert-OH is 1. The lowest BCUT2D eigenvalue weighted by Gasteiger charge is -2.13. The number of hydrogen-bond acceptors (Lipinski definition) is 3. The maximum Gasteiger partial charge on any atom is 0.435 e. The van der Waals surface area contributed by atoms with Crippen molar-refractivity contribution in [1.82, 2.24) is 14.8 Å². The molecule has 0 bridgehead atoms. The van der Waals surface area contributed by atoms with Crippen molar-refractivity contribution in [3.05, 3.63) is 24.2 Å². The third-order valence-electron chi connectivity index (χ3n) is 2.67. The molecule has 0 unspecified atom stereocenters. The van der Waals surface area contributed by atoms with Crippen molar-refractivity contribution in [3.8, 4) is 0 Å². The molecular weight excluding hydrogens is 304 g/mol. The first-order chi connectivity index (χ1) is 9.58. The van der Waals surface area contributed by atoms with E-state index in [1.54, 1.807) is 0 Å². The van der Waals surface area contributed by atoms with Gasteiger partial charge in [0.1, 0.15) is 0 Å². The molecule has 2 rings (SSSR count). The standard InChI is InChI=1S/C11H9F6N3O/c12-10(13,14)3-6(21)5-20-8-1-2-18-4-7(8)9(19-20)11(15,16)17/h1-2,4,6,21H,3,5H2/t6-/m0/s1. The summed E-state index contributed by atoms with van der Waals surface area (Å²) in [4.78, 5) is 3.54. The molecule has 0 aliphatic rings. The first-order valence-corrected chi connectivity index (χ1v) is 5.70. The molecule has 2 heterocycles. The summed E-state index contributed by atoms with van der Waals surface area (Å²) < 4.78 is 75.5. The first-order valence-electron chi connectivity index (χ1n) is 5.70. The molecule has 21 heavy (non-hydrogen) atoms. The van der Waals surface area contributed by atoms with Crippen LogP contribution in [-0.4, -0.2) is 32.2 Å². The average molecular weight is 313 g/mol. The van der Waals surface area contributed by atoms with Gasteiger partial charge in [-0.1, -0.05) is 0 Å². The summed E-state index contributed by atoms with van der Waals surface area (Å²) in [5, 5.41) is 12.3. The lowest BCUT2D eigenvalue weighted by molar-refractivity contribution is -0.155. The Labute approximate surface area is 114 Å². The fraction of sp³-hybridized carbons (Fsp3) is 0.455. The minimum absolute atomic E-state index is 0.0430. The lowest BCUT2D eigenvalue weighted by atomic mass is 10.2. The molecule has 10 heteroatoms. The summed E-state index contributed by atoms with van der Waals surface area (Å²) in [6, 6.07) is 1.19. The quantitative estimate of drug-likeness (QED) is 0.887. The van der Waals surface area contributed by atoms with Crippen LogP contribution in [0.5, 0.6) is 0 Å². The van der Waals surface area contributed by atoms with Crippen molar-refractivity contribution in [2.45, 2.75) is 31.4 Å². The van der Waals surface area contributed by atoms with Crippen LogP contribution in [0.3, 0.4) is 0 Å². The third-order valence-corrected chi connectivity index (χ3v) is 2.67. The van der Waals surface area contributed by atoms with Gasteiger partial charge in [-0.05, 0) is 6.07 Å². The molecule has 0 fully saturated rings. The van der Waals surface area contributed by atoms with E-state index in [1.807, 2.05) is 0 Å². The van der Waals surface area contributed by atoms with E-state index in [0.717, 1.165) is 6.20 Å². The first kappa shape index (κ1) is 15.5. The number of halogens is 6. The van der Waals surface area contributed by atoms with Crippen molar-refractivity contribution in [3.63, 3.8) is 0 Å². The molecule has 2 aromatic heterocycles. The molecule has 0 aliphatic heterocycles. The van der Waals surface area contributed by atoms with E-state index < -0.39 is 37.1 Å². The normalized spacial score (nSPS) is 14.6. The minimum Gasteiger partial charge on any atom is -0.391 e. The smallest absolute Gasteiger partial charge is 0.391 e. The number of hydrogen-bond donors (Lipinski definition) is 1. The van der Waals surface area contributed by atoms with Crippen LogP contribution in [0, 0.1) is 0 Å². The number of rotatable bonds is 3. The van der Waals surface area contributed by atoms with Crippen LogP contribution in [0.15, 0.2) is 18.5 Å². The van der Waals surface area contributed by atoms with E-state index in [-0.39, 0.29) is 10.9 Å². The van der Waals surface area contributed by atoms with Crippen molar-refractivity contribution in [2.75, 3.05) is 0 Å². The van der Waals surface area contributed by atoms with Crippen LogP contribution in [-0.2, 0) is 12.7 Å². The zero-order chi connectivity index (χ0) is 15.8. The van der Waals surface area contributed by atoms with Gasteiger partial charge in [-0.3, -0.25) is 9.67 Å². The highest BCUT2D eigenvalue weighted by molar-refractivity contribution is 5.81. The molecule has 1 N–H and O–H groups in total. The third kappa shape index (κ3) is 3.63. The van der Waals surface area contributed by atoms with Gasteiger partial charge in [0.15, 0.2) is 5.69 Å². The summed E-state index contributed by atoms with van der Waals surface area (Å²) in [7, 11) is 0. The Bertz CT molecular complexity index is 633. The van der Waals surface area contributed by atoms with Gasteiger partial charge in [-0.15, -0.1) is 0 Å². The number of nitrogens with zero attached hydrogens (tertiary/aromatic N) is 3. The summed E-state index contributed by atoms with van der Waals surface area (Å²) in [6.45, 7) is -0.698. The topological polar surface area (TPSA) is 50.9 Å². The molecule has 0 radical (unpaired) electrons. The van der Waals surface area contributed by atoms with Crippen LogP contribution in [0.25, 0.3) is 10.9 Å². The van der Waals surface area contributed by atoms with Crippen molar-refractivity contribution >= 4 is 10.9 Å². The van der Waals surface area contributed by atoms with Crippen molar-refractivity contribution in [2.24, 2.45) is 0 Å². The van der Waals surface area contributed by atoms with Crippen LogP contribution in [0.1, 0.15) is 12.1 Å². The predicted molar refractivity (Wildman–Crippen MR) is 59.2 cm³/mol. The molecule has 116 valence electrons. The minimum atomic E-state index is -4.76. The zero-order valence-electron chi connectivity index (χ0n) is 10.3. The van der Waals surface area contributed by atoms with E-state index in [9.17, 15) is 31.4 Å². The second-order valence-electron chi connectivity index (χ2n) is 4.39. The molecule has 0 aromatic carbocycles. The number of alkyl halides is 6. The van der Waals surface area contributed by atoms with E-state index in [4.69, 9.17) is 0 Å². The fourth-order valence-corrected chi connectivity index (χ4v) is 1.90. The van der Waals surface area contributed by atoms with Gasteiger partial charge in [0.05, 0.1) is 30.0 Å². The molecular formula is C11H9F6N3O. The number of pyridine rings is 1. The Hall–Kier alpha value is -1.84. The Morgan fingerprint density at radius 2 is 1.86 bits per heavy atom. The zero-order valence-corrected chi connectivity index (χ0v) is 10.3. The van der Waals surface area contributed by atoms with E-state index in [0.29, 0.717) is 4.68 Å². The van der Waals surface area contributed by atoms with E-state index >= 15 is 0 Å². The monoisotopic (exact) mass is 313 g/mol. The lowest BCUT2D eigenvalue weighted by Crippen LogP contribution is -2.24. The molecule has 0 spiro atoms. The number of aliphatic hydroxyl groups is 1. The highest BCUT2D eigenvalue weighted by atomic mass is 19.4. The number of aromatic nitrogens is 3. The van der Waals surface area contributed by atoms with Gasteiger partial charge in [0, 0.05) is 12.4 Å². The Balaban J connectivity index is 2.37. The second kappa shape index (κ2) is 5.17. The van der Waals surface area contributed by atoms with Gasteiger partial charge in [0.2, 0.25) is 0 Å². The van der Waals surface area contributed by atoms with Crippen molar-refractivity contribution in [1.29, 1.82) is 0 Å². The summed E-state index contributed by atoms with van der Waals surface area (Å²) in [5.74, 6) is 0. The van der Waals surface area contributed by atoms with Gasteiger partial charge in [0.25, 0.3) is 0 Å². The SMILES string of the molecule is O[C@H](Cn1nc(C(F)(F)F)c2cnccc21)CC(F)(F)F.